The van der Waals surface area contributed by atoms with E-state index in [2.05, 4.69) is 15.1 Å². The van der Waals surface area contributed by atoms with Crippen molar-refractivity contribution in [3.63, 3.8) is 0 Å². The van der Waals surface area contributed by atoms with Crippen LogP contribution in [0.4, 0.5) is 10.3 Å². The number of halogens is 1. The zero-order valence-corrected chi connectivity index (χ0v) is 11.7. The van der Waals surface area contributed by atoms with Crippen molar-refractivity contribution in [1.29, 1.82) is 0 Å². The molecule has 3 rings (SSSR count). The Kier molecular flexibility index (Phi) is 3.38. The van der Waals surface area contributed by atoms with Gasteiger partial charge in [-0.3, -0.25) is 9.78 Å². The molecule has 2 aromatic heterocycles. The van der Waals surface area contributed by atoms with E-state index in [0.29, 0.717) is 0 Å². The number of nitrogens with zero attached hydrogens (tertiary/aromatic N) is 3. The molecule has 1 saturated heterocycles. The second-order valence-electron chi connectivity index (χ2n) is 5.47. The number of H-pyrrole nitrogens is 1. The molecule has 2 aromatic rings. The van der Waals surface area contributed by atoms with Crippen molar-refractivity contribution in [2.24, 2.45) is 0 Å². The molecule has 0 aliphatic carbocycles. The minimum atomic E-state index is -1.75. The molecule has 0 radical (unpaired) electrons. The van der Waals surface area contributed by atoms with Crippen molar-refractivity contribution in [3.8, 4) is 0 Å². The number of anilines is 1. The summed E-state index contributed by atoms with van der Waals surface area (Å²) in [6.45, 7) is 1.25. The van der Waals surface area contributed by atoms with Crippen molar-refractivity contribution < 1.29 is 19.3 Å². The number of aromatic amines is 1. The van der Waals surface area contributed by atoms with Crippen LogP contribution in [0.2, 0.25) is 0 Å². The zero-order chi connectivity index (χ0) is 16.1. The summed E-state index contributed by atoms with van der Waals surface area (Å²) in [6.07, 6.45) is -3.02. The summed E-state index contributed by atoms with van der Waals surface area (Å²) in [4.78, 5) is 17.9. The highest BCUT2D eigenvalue weighted by atomic mass is 19.1. The van der Waals surface area contributed by atoms with Gasteiger partial charge in [0.05, 0.1) is 17.5 Å². The second kappa shape index (κ2) is 5.00. The van der Waals surface area contributed by atoms with Gasteiger partial charge in [0.25, 0.3) is 5.56 Å². The number of nitrogens with one attached hydrogen (secondary N) is 1. The van der Waals surface area contributed by atoms with Gasteiger partial charge >= 0.3 is 0 Å². The van der Waals surface area contributed by atoms with Crippen LogP contribution in [-0.2, 0) is 4.74 Å². The maximum absolute atomic E-state index is 14.4. The van der Waals surface area contributed by atoms with Gasteiger partial charge in [-0.15, -0.1) is 5.10 Å². The highest BCUT2D eigenvalue weighted by molar-refractivity contribution is 5.39. The molecule has 4 unspecified atom stereocenters. The molecule has 0 bridgehead atoms. The lowest BCUT2D eigenvalue weighted by molar-refractivity contribution is -0.0835. The lowest BCUT2D eigenvalue weighted by Gasteiger charge is -2.26. The predicted octanol–water partition coefficient (Wildman–Crippen LogP) is -1.09. The summed E-state index contributed by atoms with van der Waals surface area (Å²) in [5.74, 6) is -0.149. The number of fused-ring (bicyclic) bond motifs is 1. The fourth-order valence-corrected chi connectivity index (χ4v) is 2.70. The summed E-state index contributed by atoms with van der Waals surface area (Å²) >= 11 is 0. The van der Waals surface area contributed by atoms with Gasteiger partial charge in [-0.05, 0) is 6.92 Å². The van der Waals surface area contributed by atoms with Crippen LogP contribution in [0.1, 0.15) is 25.1 Å². The van der Waals surface area contributed by atoms with Crippen molar-refractivity contribution in [2.75, 3.05) is 12.3 Å². The molecule has 0 aromatic carbocycles. The van der Waals surface area contributed by atoms with E-state index in [4.69, 9.17) is 15.6 Å². The van der Waals surface area contributed by atoms with E-state index in [-0.39, 0.29) is 30.3 Å². The molecule has 0 amide bonds. The number of nitrogen functional groups attached to an aromatic ring is 1. The monoisotopic (exact) mass is 313 g/mol. The van der Waals surface area contributed by atoms with E-state index in [9.17, 15) is 14.3 Å². The van der Waals surface area contributed by atoms with Crippen LogP contribution in [0, 0.1) is 0 Å². The normalized spacial score (nSPS) is 31.9. The Morgan fingerprint density at radius 3 is 3.05 bits per heavy atom. The standard InChI is InChI=1S/C12H16FN5O4/c1-12(2-3-19)8(20)6(13)7(22-12)5-4-15-9-10(21)16-11(14)17-18(5)9/h4,6-8,19-20H,2-3H2,1H3,(H3,14,16,17,21). The van der Waals surface area contributed by atoms with Crippen LogP contribution in [0.15, 0.2) is 11.0 Å². The number of hydrogen-bond donors (Lipinski definition) is 4. The van der Waals surface area contributed by atoms with Crippen LogP contribution in [0.25, 0.3) is 5.65 Å². The number of rotatable bonds is 3. The minimum absolute atomic E-state index is 0.0507. The Morgan fingerprint density at radius 2 is 2.36 bits per heavy atom. The van der Waals surface area contributed by atoms with Crippen molar-refractivity contribution in [1.82, 2.24) is 19.6 Å². The van der Waals surface area contributed by atoms with Crippen molar-refractivity contribution in [2.45, 2.75) is 37.3 Å². The molecule has 5 N–H and O–H groups in total. The van der Waals surface area contributed by atoms with Gasteiger partial charge in [-0.1, -0.05) is 0 Å². The predicted molar refractivity (Wildman–Crippen MR) is 72.9 cm³/mol. The molecule has 1 aliphatic rings. The van der Waals surface area contributed by atoms with Crippen LogP contribution in [0.5, 0.6) is 0 Å². The summed E-state index contributed by atoms with van der Waals surface area (Å²) in [7, 11) is 0. The largest absolute Gasteiger partial charge is 0.396 e. The number of aliphatic hydroxyl groups is 2. The first-order valence-electron chi connectivity index (χ1n) is 6.71. The fraction of sp³-hybridized carbons (Fsp3) is 0.583. The average Bonchev–Trinajstić information content (AvgIpc) is 2.95. The highest BCUT2D eigenvalue weighted by Crippen LogP contribution is 2.43. The van der Waals surface area contributed by atoms with Crippen molar-refractivity contribution in [3.05, 3.63) is 22.2 Å². The van der Waals surface area contributed by atoms with Crippen LogP contribution < -0.4 is 11.3 Å². The van der Waals surface area contributed by atoms with E-state index >= 15 is 0 Å². The molecule has 22 heavy (non-hydrogen) atoms. The molecular weight excluding hydrogens is 297 g/mol. The summed E-state index contributed by atoms with van der Waals surface area (Å²) in [5.41, 5.74) is 3.79. The molecule has 3 heterocycles. The first-order chi connectivity index (χ1) is 10.4. The Morgan fingerprint density at radius 1 is 1.64 bits per heavy atom. The smallest absolute Gasteiger partial charge is 0.295 e. The number of alkyl halides is 1. The fourth-order valence-electron chi connectivity index (χ4n) is 2.70. The molecule has 10 heteroatoms. The maximum Gasteiger partial charge on any atom is 0.295 e. The number of aromatic nitrogens is 4. The van der Waals surface area contributed by atoms with Crippen LogP contribution in [-0.4, -0.2) is 54.3 Å². The second-order valence-corrected chi connectivity index (χ2v) is 5.47. The quantitative estimate of drug-likeness (QED) is 0.564. The van der Waals surface area contributed by atoms with Gasteiger partial charge in [-0.2, -0.15) is 0 Å². The van der Waals surface area contributed by atoms with E-state index in [1.807, 2.05) is 0 Å². The lowest BCUT2D eigenvalue weighted by Crippen LogP contribution is -2.39. The third-order valence-corrected chi connectivity index (χ3v) is 3.93. The molecule has 1 fully saturated rings. The van der Waals surface area contributed by atoms with Gasteiger partial charge in [0, 0.05) is 13.0 Å². The Hall–Kier alpha value is -2.04. The van der Waals surface area contributed by atoms with Crippen LogP contribution in [0.3, 0.4) is 0 Å². The molecule has 0 saturated carbocycles. The van der Waals surface area contributed by atoms with E-state index in [1.165, 1.54) is 13.1 Å². The molecule has 120 valence electrons. The highest BCUT2D eigenvalue weighted by Gasteiger charge is 2.53. The Bertz CT molecular complexity index is 762. The zero-order valence-electron chi connectivity index (χ0n) is 11.7. The SMILES string of the molecule is CC1(CCO)OC(c2cnc3c(=O)[nH]c(N)nn23)C(F)C1O. The lowest BCUT2D eigenvalue weighted by atomic mass is 9.94. The maximum atomic E-state index is 14.4. The first-order valence-corrected chi connectivity index (χ1v) is 6.71. The third kappa shape index (κ3) is 2.07. The van der Waals surface area contributed by atoms with Gasteiger partial charge in [-0.25, -0.2) is 13.9 Å². The van der Waals surface area contributed by atoms with E-state index < -0.39 is 29.5 Å². The van der Waals surface area contributed by atoms with Gasteiger partial charge in [0.15, 0.2) is 6.17 Å². The van der Waals surface area contributed by atoms with E-state index in [1.54, 1.807) is 0 Å². The average molecular weight is 313 g/mol. The topological polar surface area (TPSA) is 139 Å². The number of hydrogen-bond acceptors (Lipinski definition) is 7. The Balaban J connectivity index is 2.07. The number of nitrogens with two attached hydrogens (primary N) is 1. The minimum Gasteiger partial charge on any atom is -0.396 e. The molecule has 4 atom stereocenters. The Labute approximate surface area is 123 Å². The van der Waals surface area contributed by atoms with E-state index in [0.717, 1.165) is 4.52 Å². The molecule has 0 spiro atoms. The number of aliphatic hydroxyl groups excluding tert-OH is 2. The van der Waals surface area contributed by atoms with Gasteiger partial charge < -0.3 is 20.7 Å². The summed E-state index contributed by atoms with van der Waals surface area (Å²) < 4.78 is 21.2. The third-order valence-electron chi connectivity index (χ3n) is 3.93. The number of ether oxygens (including phenoxy) is 1. The van der Waals surface area contributed by atoms with Gasteiger partial charge in [0.2, 0.25) is 11.6 Å². The van der Waals surface area contributed by atoms with Crippen molar-refractivity contribution >= 4 is 11.6 Å². The molecule has 9 nitrogen and oxygen atoms in total. The molecular formula is C12H16FN5O4. The van der Waals surface area contributed by atoms with Crippen LogP contribution >= 0.6 is 0 Å². The first kappa shape index (κ1) is 14.9. The summed E-state index contributed by atoms with van der Waals surface area (Å²) in [6, 6.07) is 0. The van der Waals surface area contributed by atoms with Gasteiger partial charge in [0.1, 0.15) is 12.2 Å². The number of imidazole rings is 1. The summed E-state index contributed by atoms with van der Waals surface area (Å²) in [5, 5.41) is 23.0. The molecule has 1 aliphatic heterocycles.